The summed E-state index contributed by atoms with van der Waals surface area (Å²) in [6.45, 7) is 0. The fourth-order valence-electron chi connectivity index (χ4n) is 2.90. The van der Waals surface area contributed by atoms with Gasteiger partial charge in [0, 0.05) is 5.56 Å². The molecule has 0 saturated carbocycles. The summed E-state index contributed by atoms with van der Waals surface area (Å²) in [5.74, 6) is -0.383. The van der Waals surface area contributed by atoms with Gasteiger partial charge >= 0.3 is 5.97 Å². The zero-order valence-corrected chi connectivity index (χ0v) is 16.8. The molecule has 4 aromatic rings. The molecular weight excluding hydrogens is 402 g/mol. The minimum absolute atomic E-state index is 0.0505. The molecule has 1 amide bonds. The van der Waals surface area contributed by atoms with Gasteiger partial charge in [0.25, 0.3) is 5.22 Å². The number of fused-ring (bicyclic) bond motifs is 1. The first-order valence-electron chi connectivity index (χ1n) is 9.07. The SMILES string of the molecule is COC(=O)c1ccccc1NC(=O)CSc1nnc(-c2ccc3ccccc3c2)o1. The van der Waals surface area contributed by atoms with E-state index in [1.165, 1.54) is 7.11 Å². The van der Waals surface area contributed by atoms with Crippen LogP contribution in [0.25, 0.3) is 22.2 Å². The molecule has 30 heavy (non-hydrogen) atoms. The number of hydrogen-bond acceptors (Lipinski definition) is 7. The molecule has 0 saturated heterocycles. The third-order valence-corrected chi connectivity index (χ3v) is 5.15. The molecule has 1 heterocycles. The third kappa shape index (κ3) is 4.33. The van der Waals surface area contributed by atoms with E-state index in [2.05, 4.69) is 15.5 Å². The zero-order chi connectivity index (χ0) is 20.9. The number of thioether (sulfide) groups is 1. The highest BCUT2D eigenvalue weighted by molar-refractivity contribution is 7.99. The Morgan fingerprint density at radius 2 is 1.77 bits per heavy atom. The number of para-hydroxylation sites is 1. The van der Waals surface area contributed by atoms with Gasteiger partial charge in [-0.15, -0.1) is 10.2 Å². The number of rotatable bonds is 6. The van der Waals surface area contributed by atoms with Gasteiger partial charge in [0.1, 0.15) is 0 Å². The zero-order valence-electron chi connectivity index (χ0n) is 16.0. The summed E-state index contributed by atoms with van der Waals surface area (Å²) in [7, 11) is 1.29. The molecule has 4 rings (SSSR count). The van der Waals surface area contributed by atoms with Crippen molar-refractivity contribution in [2.45, 2.75) is 5.22 Å². The number of benzene rings is 3. The van der Waals surface area contributed by atoms with Gasteiger partial charge in [0.05, 0.1) is 24.1 Å². The van der Waals surface area contributed by atoms with Crippen molar-refractivity contribution in [2.75, 3.05) is 18.2 Å². The highest BCUT2D eigenvalue weighted by Gasteiger charge is 2.15. The van der Waals surface area contributed by atoms with Crippen LogP contribution in [0.3, 0.4) is 0 Å². The third-order valence-electron chi connectivity index (χ3n) is 4.34. The van der Waals surface area contributed by atoms with Crippen molar-refractivity contribution in [1.29, 1.82) is 0 Å². The number of anilines is 1. The predicted octanol–water partition coefficient (Wildman–Crippen LogP) is 4.41. The smallest absolute Gasteiger partial charge is 0.339 e. The number of nitrogens with one attached hydrogen (secondary N) is 1. The van der Waals surface area contributed by atoms with E-state index in [-0.39, 0.29) is 22.4 Å². The van der Waals surface area contributed by atoms with E-state index >= 15 is 0 Å². The van der Waals surface area contributed by atoms with Crippen molar-refractivity contribution in [3.63, 3.8) is 0 Å². The fraction of sp³-hybridized carbons (Fsp3) is 0.0909. The Labute approximate surface area is 176 Å². The van der Waals surface area contributed by atoms with Gasteiger partial charge in [-0.05, 0) is 35.0 Å². The van der Waals surface area contributed by atoms with Gasteiger partial charge in [-0.1, -0.05) is 54.2 Å². The van der Waals surface area contributed by atoms with Crippen LogP contribution in [0.4, 0.5) is 5.69 Å². The average molecular weight is 419 g/mol. The van der Waals surface area contributed by atoms with Crippen LogP contribution in [0.5, 0.6) is 0 Å². The van der Waals surface area contributed by atoms with Crippen LogP contribution in [0.15, 0.2) is 76.4 Å². The molecule has 0 radical (unpaired) electrons. The van der Waals surface area contributed by atoms with Crippen LogP contribution in [-0.2, 0) is 9.53 Å². The van der Waals surface area contributed by atoms with E-state index in [4.69, 9.17) is 9.15 Å². The van der Waals surface area contributed by atoms with Crippen LogP contribution >= 0.6 is 11.8 Å². The molecular formula is C22H17N3O4S. The second kappa shape index (κ2) is 8.79. The Kier molecular flexibility index (Phi) is 5.76. The molecule has 0 atom stereocenters. The largest absolute Gasteiger partial charge is 0.465 e. The van der Waals surface area contributed by atoms with Gasteiger partial charge in [0.2, 0.25) is 11.8 Å². The van der Waals surface area contributed by atoms with Crippen molar-refractivity contribution in [1.82, 2.24) is 10.2 Å². The van der Waals surface area contributed by atoms with E-state index in [9.17, 15) is 9.59 Å². The van der Waals surface area contributed by atoms with Crippen molar-refractivity contribution >= 4 is 40.1 Å². The monoisotopic (exact) mass is 419 g/mol. The normalized spacial score (nSPS) is 10.7. The highest BCUT2D eigenvalue weighted by Crippen LogP contribution is 2.26. The van der Waals surface area contributed by atoms with Crippen molar-refractivity contribution in [3.05, 3.63) is 72.3 Å². The highest BCUT2D eigenvalue weighted by atomic mass is 32.2. The average Bonchev–Trinajstić information content (AvgIpc) is 3.26. The number of carbonyl (C=O) groups is 2. The summed E-state index contributed by atoms with van der Waals surface area (Å²) in [6.07, 6.45) is 0. The van der Waals surface area contributed by atoms with Gasteiger partial charge in [0.15, 0.2) is 0 Å². The van der Waals surface area contributed by atoms with Gasteiger partial charge < -0.3 is 14.5 Å². The number of amides is 1. The van der Waals surface area contributed by atoms with E-state index in [1.807, 2.05) is 42.5 Å². The first-order chi connectivity index (χ1) is 14.6. The number of methoxy groups -OCH3 is 1. The molecule has 0 aliphatic carbocycles. The lowest BCUT2D eigenvalue weighted by Crippen LogP contribution is -2.17. The fourth-order valence-corrected chi connectivity index (χ4v) is 3.46. The Morgan fingerprint density at radius 1 is 1.00 bits per heavy atom. The summed E-state index contributed by atoms with van der Waals surface area (Å²) in [4.78, 5) is 24.1. The van der Waals surface area contributed by atoms with E-state index in [0.717, 1.165) is 28.1 Å². The van der Waals surface area contributed by atoms with Crippen LogP contribution in [0.1, 0.15) is 10.4 Å². The molecule has 3 aromatic carbocycles. The maximum atomic E-state index is 12.3. The molecule has 1 N–H and O–H groups in total. The summed E-state index contributed by atoms with van der Waals surface area (Å²) >= 11 is 1.12. The topological polar surface area (TPSA) is 94.3 Å². The second-order valence-corrected chi connectivity index (χ2v) is 7.24. The van der Waals surface area contributed by atoms with Crippen molar-refractivity contribution < 1.29 is 18.7 Å². The number of aromatic nitrogens is 2. The van der Waals surface area contributed by atoms with E-state index in [1.54, 1.807) is 24.3 Å². The van der Waals surface area contributed by atoms with Gasteiger partial charge in [-0.2, -0.15) is 0 Å². The van der Waals surface area contributed by atoms with Crippen LogP contribution in [-0.4, -0.2) is 34.9 Å². The summed E-state index contributed by atoms with van der Waals surface area (Å²) < 4.78 is 10.4. The molecule has 0 spiro atoms. The Bertz CT molecular complexity index is 1220. The quantitative estimate of drug-likeness (QED) is 0.365. The van der Waals surface area contributed by atoms with Gasteiger partial charge in [-0.3, -0.25) is 4.79 Å². The molecule has 0 bridgehead atoms. The lowest BCUT2D eigenvalue weighted by molar-refractivity contribution is -0.113. The van der Waals surface area contributed by atoms with Crippen LogP contribution in [0.2, 0.25) is 0 Å². The van der Waals surface area contributed by atoms with E-state index < -0.39 is 5.97 Å². The first kappa shape index (κ1) is 19.7. The minimum Gasteiger partial charge on any atom is -0.465 e. The minimum atomic E-state index is -0.518. The molecule has 1 aromatic heterocycles. The van der Waals surface area contributed by atoms with Crippen LogP contribution in [0, 0.1) is 0 Å². The summed E-state index contributed by atoms with van der Waals surface area (Å²) in [5, 5.41) is 13.3. The number of esters is 1. The van der Waals surface area contributed by atoms with Crippen molar-refractivity contribution in [2.24, 2.45) is 0 Å². The second-order valence-electron chi connectivity index (χ2n) is 6.31. The molecule has 8 heteroatoms. The number of nitrogens with zero attached hydrogens (tertiary/aromatic N) is 2. The number of ether oxygens (including phenoxy) is 1. The molecule has 0 aliphatic rings. The number of carbonyl (C=O) groups excluding carboxylic acids is 2. The van der Waals surface area contributed by atoms with E-state index in [0.29, 0.717) is 11.6 Å². The Hall–Kier alpha value is -3.65. The lowest BCUT2D eigenvalue weighted by Gasteiger charge is -2.08. The van der Waals surface area contributed by atoms with Gasteiger partial charge in [-0.25, -0.2) is 4.79 Å². The molecule has 0 unspecified atom stereocenters. The first-order valence-corrected chi connectivity index (χ1v) is 10.1. The summed E-state index contributed by atoms with van der Waals surface area (Å²) in [6, 6.07) is 20.5. The lowest BCUT2D eigenvalue weighted by atomic mass is 10.1. The maximum Gasteiger partial charge on any atom is 0.339 e. The Balaban J connectivity index is 1.41. The van der Waals surface area contributed by atoms with Crippen LogP contribution < -0.4 is 5.32 Å². The molecule has 0 fully saturated rings. The molecule has 150 valence electrons. The maximum absolute atomic E-state index is 12.3. The predicted molar refractivity (Wildman–Crippen MR) is 114 cm³/mol. The summed E-state index contributed by atoms with van der Waals surface area (Å²) in [5.41, 5.74) is 1.48. The standard InChI is InChI=1S/C22H17N3O4S/c1-28-21(27)17-8-4-5-9-18(17)23-19(26)13-30-22-25-24-20(29-22)16-11-10-14-6-2-3-7-15(14)12-16/h2-12H,13H2,1H3,(H,23,26). The molecule has 0 aliphatic heterocycles. The molecule has 7 nitrogen and oxygen atoms in total. The number of hydrogen-bond donors (Lipinski definition) is 1. The Morgan fingerprint density at radius 3 is 2.60 bits per heavy atom. The van der Waals surface area contributed by atoms with Crippen molar-refractivity contribution in [3.8, 4) is 11.5 Å².